The Labute approximate surface area is 194 Å². The lowest BCUT2D eigenvalue weighted by Gasteiger charge is -2.31. The van der Waals surface area contributed by atoms with Crippen LogP contribution in [0.4, 0.5) is 0 Å². The summed E-state index contributed by atoms with van der Waals surface area (Å²) < 4.78 is 11.9. The summed E-state index contributed by atoms with van der Waals surface area (Å²) in [5.74, 6) is 0.875. The molecule has 1 aliphatic rings. The van der Waals surface area contributed by atoms with Crippen LogP contribution in [-0.4, -0.2) is 48.9 Å². The van der Waals surface area contributed by atoms with Crippen molar-refractivity contribution in [3.63, 3.8) is 0 Å². The number of hydrogen-bond acceptors (Lipinski definition) is 5. The Bertz CT molecular complexity index is 1070. The van der Waals surface area contributed by atoms with Gasteiger partial charge in [-0.05, 0) is 37.5 Å². The first-order valence-electron chi connectivity index (χ1n) is 11.6. The molecule has 2 amide bonds. The Morgan fingerprint density at radius 3 is 2.55 bits per heavy atom. The predicted octanol–water partition coefficient (Wildman–Crippen LogP) is 3.73. The maximum Gasteiger partial charge on any atom is 0.287 e. The van der Waals surface area contributed by atoms with Crippen molar-refractivity contribution in [3.05, 3.63) is 65.9 Å². The fraction of sp³-hybridized carbons (Fsp3) is 0.385. The van der Waals surface area contributed by atoms with E-state index >= 15 is 0 Å². The van der Waals surface area contributed by atoms with Crippen LogP contribution in [0.25, 0.3) is 11.0 Å². The van der Waals surface area contributed by atoms with Crippen molar-refractivity contribution in [2.24, 2.45) is 0 Å². The minimum atomic E-state index is -0.225. The van der Waals surface area contributed by atoms with Crippen molar-refractivity contribution in [3.8, 4) is 5.75 Å². The Balaban J connectivity index is 1.38. The molecule has 2 N–H and O–H groups in total. The molecule has 2 aromatic carbocycles. The minimum absolute atomic E-state index is 0.0450. The Morgan fingerprint density at radius 1 is 1.06 bits per heavy atom. The zero-order valence-corrected chi connectivity index (χ0v) is 19.0. The number of para-hydroxylation sites is 2. The van der Waals surface area contributed by atoms with Crippen molar-refractivity contribution in [1.29, 1.82) is 0 Å². The maximum absolute atomic E-state index is 13.2. The molecule has 7 heteroatoms. The predicted molar refractivity (Wildman–Crippen MR) is 127 cm³/mol. The summed E-state index contributed by atoms with van der Waals surface area (Å²) in [6, 6.07) is 17.2. The van der Waals surface area contributed by atoms with E-state index in [-0.39, 0.29) is 24.5 Å². The van der Waals surface area contributed by atoms with Gasteiger partial charge in [0.2, 0.25) is 5.91 Å². The third-order valence-electron chi connectivity index (χ3n) is 5.89. The number of fused-ring (bicyclic) bond motifs is 1. The molecule has 3 aromatic rings. The van der Waals surface area contributed by atoms with E-state index in [0.717, 1.165) is 49.1 Å². The molecule has 1 fully saturated rings. The largest absolute Gasteiger partial charge is 0.489 e. The van der Waals surface area contributed by atoms with Gasteiger partial charge in [-0.3, -0.25) is 14.5 Å². The van der Waals surface area contributed by atoms with Crippen LogP contribution >= 0.6 is 0 Å². The second kappa shape index (κ2) is 11.0. The van der Waals surface area contributed by atoms with Crippen molar-refractivity contribution in [2.75, 3.05) is 26.2 Å². The van der Waals surface area contributed by atoms with Crippen LogP contribution < -0.4 is 15.4 Å². The summed E-state index contributed by atoms with van der Waals surface area (Å²) in [4.78, 5) is 27.2. The first kappa shape index (κ1) is 22.9. The monoisotopic (exact) mass is 449 g/mol. The van der Waals surface area contributed by atoms with E-state index in [2.05, 4.69) is 15.5 Å². The van der Waals surface area contributed by atoms with E-state index in [1.54, 1.807) is 0 Å². The summed E-state index contributed by atoms with van der Waals surface area (Å²) in [7, 11) is 0. The zero-order valence-electron chi connectivity index (χ0n) is 19.0. The highest BCUT2D eigenvalue weighted by molar-refractivity contribution is 5.99. The molecule has 0 aliphatic carbocycles. The first-order valence-corrected chi connectivity index (χ1v) is 11.6. The molecular weight excluding hydrogens is 418 g/mol. The van der Waals surface area contributed by atoms with Crippen molar-refractivity contribution in [2.45, 2.75) is 38.8 Å². The lowest BCUT2D eigenvalue weighted by molar-refractivity contribution is -0.122. The van der Waals surface area contributed by atoms with Crippen LogP contribution in [0.15, 0.2) is 59.0 Å². The molecule has 33 heavy (non-hydrogen) atoms. The number of ether oxygens (including phenoxy) is 1. The summed E-state index contributed by atoms with van der Waals surface area (Å²) in [6.45, 7) is 4.94. The smallest absolute Gasteiger partial charge is 0.287 e. The van der Waals surface area contributed by atoms with Gasteiger partial charge in [-0.1, -0.05) is 43.3 Å². The molecule has 7 nitrogen and oxygen atoms in total. The number of nitrogens with one attached hydrogen (secondary N) is 2. The molecule has 1 aliphatic heterocycles. The number of nitrogens with zero attached hydrogens (tertiary/aromatic N) is 1. The van der Waals surface area contributed by atoms with Crippen molar-refractivity contribution < 1.29 is 18.7 Å². The zero-order chi connectivity index (χ0) is 23.0. The molecule has 1 aromatic heterocycles. The normalized spacial score (nSPS) is 14.8. The third-order valence-corrected chi connectivity index (χ3v) is 5.89. The molecule has 1 saturated heterocycles. The fourth-order valence-electron chi connectivity index (χ4n) is 4.11. The standard InChI is InChI=1S/C26H31N3O4/c1-2-14-27-24(30)17-29-15-12-19(13-16-29)28-26(31)25-22(18-32-20-8-4-3-5-9-20)21-10-6-7-11-23(21)33-25/h3-11,19H,2,12-18H2,1H3,(H,27,30)(H,28,31). The molecule has 0 atom stereocenters. The van der Waals surface area contributed by atoms with Crippen LogP contribution in [-0.2, 0) is 11.4 Å². The topological polar surface area (TPSA) is 83.8 Å². The molecule has 2 heterocycles. The second-order valence-corrected chi connectivity index (χ2v) is 8.38. The lowest BCUT2D eigenvalue weighted by atomic mass is 10.0. The second-order valence-electron chi connectivity index (χ2n) is 8.38. The van der Waals surface area contributed by atoms with Crippen LogP contribution in [0.1, 0.15) is 42.3 Å². The van der Waals surface area contributed by atoms with Gasteiger partial charge in [-0.15, -0.1) is 0 Å². The molecule has 0 unspecified atom stereocenters. The highest BCUT2D eigenvalue weighted by Gasteiger charge is 2.26. The van der Waals surface area contributed by atoms with E-state index in [1.165, 1.54) is 0 Å². The van der Waals surface area contributed by atoms with Gasteiger partial charge < -0.3 is 19.8 Å². The number of rotatable bonds is 9. The molecule has 0 spiro atoms. The maximum atomic E-state index is 13.2. The number of likely N-dealkylation sites (tertiary alicyclic amines) is 1. The number of carbonyl (C=O) groups is 2. The van der Waals surface area contributed by atoms with Gasteiger partial charge in [0.05, 0.1) is 6.54 Å². The SMILES string of the molecule is CCCNC(=O)CN1CCC(NC(=O)c2oc3ccccc3c2COc2ccccc2)CC1. The number of benzene rings is 2. The van der Waals surface area contributed by atoms with Crippen molar-refractivity contribution >= 4 is 22.8 Å². The summed E-state index contributed by atoms with van der Waals surface area (Å²) in [5.41, 5.74) is 1.42. The Kier molecular flexibility index (Phi) is 7.62. The molecule has 174 valence electrons. The average Bonchev–Trinajstić information content (AvgIpc) is 3.22. The van der Waals surface area contributed by atoms with Gasteiger partial charge in [0.15, 0.2) is 5.76 Å². The van der Waals surface area contributed by atoms with Gasteiger partial charge in [-0.25, -0.2) is 0 Å². The van der Waals surface area contributed by atoms with Crippen LogP contribution in [0.3, 0.4) is 0 Å². The Hall–Kier alpha value is -3.32. The molecule has 4 rings (SSSR count). The number of hydrogen-bond donors (Lipinski definition) is 2. The summed E-state index contributed by atoms with van der Waals surface area (Å²) in [5, 5.41) is 6.92. The van der Waals surface area contributed by atoms with Crippen LogP contribution in [0.2, 0.25) is 0 Å². The molecular formula is C26H31N3O4. The molecule has 0 radical (unpaired) electrons. The van der Waals surface area contributed by atoms with E-state index in [4.69, 9.17) is 9.15 Å². The van der Waals surface area contributed by atoms with E-state index in [0.29, 0.717) is 24.4 Å². The van der Waals surface area contributed by atoms with Gasteiger partial charge in [0, 0.05) is 36.6 Å². The van der Waals surface area contributed by atoms with E-state index in [1.807, 2.05) is 61.5 Å². The van der Waals surface area contributed by atoms with E-state index in [9.17, 15) is 9.59 Å². The van der Waals surface area contributed by atoms with Gasteiger partial charge in [0.1, 0.15) is 17.9 Å². The highest BCUT2D eigenvalue weighted by atomic mass is 16.5. The number of amides is 2. The minimum Gasteiger partial charge on any atom is -0.489 e. The van der Waals surface area contributed by atoms with Gasteiger partial charge >= 0.3 is 0 Å². The molecule has 0 saturated carbocycles. The fourth-order valence-corrected chi connectivity index (χ4v) is 4.11. The lowest BCUT2D eigenvalue weighted by Crippen LogP contribution is -2.47. The van der Waals surface area contributed by atoms with Crippen LogP contribution in [0, 0.1) is 0 Å². The Morgan fingerprint density at radius 2 is 1.79 bits per heavy atom. The summed E-state index contributed by atoms with van der Waals surface area (Å²) >= 11 is 0. The highest BCUT2D eigenvalue weighted by Crippen LogP contribution is 2.27. The number of carbonyl (C=O) groups excluding carboxylic acids is 2. The summed E-state index contributed by atoms with van der Waals surface area (Å²) in [6.07, 6.45) is 2.52. The van der Waals surface area contributed by atoms with E-state index < -0.39 is 0 Å². The number of piperidine rings is 1. The van der Waals surface area contributed by atoms with Crippen molar-refractivity contribution in [1.82, 2.24) is 15.5 Å². The van der Waals surface area contributed by atoms with Gasteiger partial charge in [0.25, 0.3) is 5.91 Å². The number of furan rings is 1. The van der Waals surface area contributed by atoms with Crippen LogP contribution in [0.5, 0.6) is 5.75 Å². The molecule has 0 bridgehead atoms. The average molecular weight is 450 g/mol. The first-order chi connectivity index (χ1) is 16.1. The third kappa shape index (κ3) is 5.93. The quantitative estimate of drug-likeness (QED) is 0.520. The van der Waals surface area contributed by atoms with Gasteiger partial charge in [-0.2, -0.15) is 0 Å².